The molecule has 0 spiro atoms. The number of Topliss-reactive ketones (excluding diaryl/α,β-unsaturated/α-hetero) is 1. The van der Waals surface area contributed by atoms with Crippen LogP contribution >= 0.6 is 11.8 Å². The highest BCUT2D eigenvalue weighted by Crippen LogP contribution is 2.24. The van der Waals surface area contributed by atoms with Gasteiger partial charge in [-0.25, -0.2) is 0 Å². The zero-order valence-corrected chi connectivity index (χ0v) is 17.4. The number of carbonyl (C=O) groups excluding carboxylic acids is 1. The molecule has 0 amide bonds. The lowest BCUT2D eigenvalue weighted by Gasteiger charge is -2.09. The second-order valence-corrected chi connectivity index (χ2v) is 7.79. The van der Waals surface area contributed by atoms with Gasteiger partial charge in [-0.05, 0) is 52.3 Å². The molecule has 0 N–H and O–H groups in total. The molecule has 0 aliphatic heterocycles. The van der Waals surface area contributed by atoms with Gasteiger partial charge in [0.1, 0.15) is 5.82 Å². The fraction of sp³-hybridized carbons (Fsp3) is 0.381. The second-order valence-electron chi connectivity index (χ2n) is 6.85. The molecule has 0 unspecified atom stereocenters. The molecule has 2 heterocycles. The van der Waals surface area contributed by atoms with Gasteiger partial charge >= 0.3 is 0 Å². The molecular formula is C21H26N4OS. The summed E-state index contributed by atoms with van der Waals surface area (Å²) in [6.45, 7) is 11.2. The van der Waals surface area contributed by atoms with Gasteiger partial charge in [-0.3, -0.25) is 9.36 Å². The molecule has 0 aliphatic rings. The van der Waals surface area contributed by atoms with E-state index in [2.05, 4.69) is 59.8 Å². The van der Waals surface area contributed by atoms with Crippen LogP contribution in [0.2, 0.25) is 0 Å². The molecule has 3 aromatic rings. The van der Waals surface area contributed by atoms with Crippen LogP contribution in [0.15, 0.2) is 35.5 Å². The van der Waals surface area contributed by atoms with Crippen molar-refractivity contribution in [3.8, 4) is 5.69 Å². The smallest absolute Gasteiger partial charge is 0.196 e. The lowest BCUT2D eigenvalue weighted by Crippen LogP contribution is -2.07. The monoisotopic (exact) mass is 382 g/mol. The van der Waals surface area contributed by atoms with E-state index in [4.69, 9.17) is 0 Å². The summed E-state index contributed by atoms with van der Waals surface area (Å²) < 4.78 is 4.22. The van der Waals surface area contributed by atoms with Crippen LogP contribution in [0.5, 0.6) is 0 Å². The van der Waals surface area contributed by atoms with Crippen LogP contribution < -0.4 is 0 Å². The number of hydrogen-bond acceptors (Lipinski definition) is 4. The minimum absolute atomic E-state index is 0.131. The van der Waals surface area contributed by atoms with E-state index in [1.807, 2.05) is 24.5 Å². The first-order valence-electron chi connectivity index (χ1n) is 9.24. The average Bonchev–Trinajstić information content (AvgIpc) is 3.15. The summed E-state index contributed by atoms with van der Waals surface area (Å²) in [5, 5.41) is 9.22. The Balaban J connectivity index is 1.79. The second kappa shape index (κ2) is 8.13. The number of carbonyl (C=O) groups is 1. The van der Waals surface area contributed by atoms with Crippen molar-refractivity contribution in [3.05, 3.63) is 58.7 Å². The van der Waals surface area contributed by atoms with Crippen LogP contribution in [-0.4, -0.2) is 30.9 Å². The SMILES string of the molecule is CCCn1c(C)cc(C(=O)CSc2nnc(C)n2-c2ccc(C)cc2)c1C. The fourth-order valence-corrected chi connectivity index (χ4v) is 4.17. The highest BCUT2D eigenvalue weighted by atomic mass is 32.2. The van der Waals surface area contributed by atoms with Crippen molar-refractivity contribution in [3.63, 3.8) is 0 Å². The predicted octanol–water partition coefficient (Wildman–Crippen LogP) is 4.69. The van der Waals surface area contributed by atoms with Gasteiger partial charge in [-0.2, -0.15) is 0 Å². The van der Waals surface area contributed by atoms with Crippen LogP contribution in [0.25, 0.3) is 5.69 Å². The van der Waals surface area contributed by atoms with E-state index >= 15 is 0 Å². The Kier molecular flexibility index (Phi) is 5.85. The third-order valence-electron chi connectivity index (χ3n) is 4.74. The van der Waals surface area contributed by atoms with Crippen molar-refractivity contribution in [2.75, 3.05) is 5.75 Å². The molecule has 0 bridgehead atoms. The van der Waals surface area contributed by atoms with E-state index < -0.39 is 0 Å². The third-order valence-corrected chi connectivity index (χ3v) is 5.67. The molecule has 27 heavy (non-hydrogen) atoms. The number of nitrogens with zero attached hydrogens (tertiary/aromatic N) is 4. The van der Waals surface area contributed by atoms with Gasteiger partial charge in [-0.1, -0.05) is 36.4 Å². The quantitative estimate of drug-likeness (QED) is 0.439. The topological polar surface area (TPSA) is 52.7 Å². The fourth-order valence-electron chi connectivity index (χ4n) is 3.29. The van der Waals surface area contributed by atoms with E-state index in [0.717, 1.165) is 46.6 Å². The Labute approximate surface area is 164 Å². The summed E-state index contributed by atoms with van der Waals surface area (Å²) >= 11 is 1.44. The molecule has 0 atom stereocenters. The summed E-state index contributed by atoms with van der Waals surface area (Å²) in [7, 11) is 0. The molecular weight excluding hydrogens is 356 g/mol. The molecule has 0 saturated carbocycles. The zero-order chi connectivity index (χ0) is 19.6. The van der Waals surface area contributed by atoms with Gasteiger partial charge in [-0.15, -0.1) is 10.2 Å². The van der Waals surface area contributed by atoms with Crippen molar-refractivity contribution in [2.24, 2.45) is 0 Å². The molecule has 5 nitrogen and oxygen atoms in total. The first kappa shape index (κ1) is 19.4. The Hall–Kier alpha value is -2.34. The molecule has 3 rings (SSSR count). The van der Waals surface area contributed by atoms with E-state index in [1.54, 1.807) is 0 Å². The average molecular weight is 383 g/mol. The molecule has 0 saturated heterocycles. The van der Waals surface area contributed by atoms with Crippen LogP contribution in [0.3, 0.4) is 0 Å². The highest BCUT2D eigenvalue weighted by Gasteiger charge is 2.18. The largest absolute Gasteiger partial charge is 0.348 e. The molecule has 142 valence electrons. The van der Waals surface area contributed by atoms with Crippen LogP contribution in [0.1, 0.15) is 46.5 Å². The number of hydrogen-bond donors (Lipinski definition) is 0. The van der Waals surface area contributed by atoms with Crippen molar-refractivity contribution < 1.29 is 4.79 Å². The van der Waals surface area contributed by atoms with Gasteiger partial charge in [0.05, 0.1) is 5.75 Å². The normalized spacial score (nSPS) is 11.1. The summed E-state index contributed by atoms with van der Waals surface area (Å²) in [4.78, 5) is 12.8. The third kappa shape index (κ3) is 4.00. The van der Waals surface area contributed by atoms with Crippen LogP contribution in [0, 0.1) is 27.7 Å². The van der Waals surface area contributed by atoms with Crippen molar-refractivity contribution in [1.82, 2.24) is 19.3 Å². The van der Waals surface area contributed by atoms with Gasteiger partial charge in [0, 0.05) is 29.2 Å². The molecule has 1 aromatic carbocycles. The summed E-state index contributed by atoms with van der Waals surface area (Å²) in [6, 6.07) is 10.2. The molecule has 0 aliphatic carbocycles. The van der Waals surface area contributed by atoms with Crippen molar-refractivity contribution in [1.29, 1.82) is 0 Å². The minimum atomic E-state index is 0.131. The van der Waals surface area contributed by atoms with Gasteiger partial charge in [0.2, 0.25) is 0 Å². The van der Waals surface area contributed by atoms with Gasteiger partial charge in [0.25, 0.3) is 0 Å². The Morgan fingerprint density at radius 3 is 2.44 bits per heavy atom. The standard InChI is InChI=1S/C21H26N4OS/c1-6-11-24-15(3)12-19(16(24)4)20(26)13-27-21-23-22-17(5)25(21)18-9-7-14(2)8-10-18/h7-10,12H,6,11,13H2,1-5H3. The number of aromatic nitrogens is 4. The van der Waals surface area contributed by atoms with E-state index in [0.29, 0.717) is 5.75 Å². The summed E-state index contributed by atoms with van der Waals surface area (Å²) in [5.41, 5.74) is 5.22. The molecule has 0 radical (unpaired) electrons. The van der Waals surface area contributed by atoms with Crippen LogP contribution in [0.4, 0.5) is 0 Å². The molecule has 2 aromatic heterocycles. The number of aryl methyl sites for hydroxylation is 3. The number of ketones is 1. The number of benzene rings is 1. The van der Waals surface area contributed by atoms with Gasteiger partial charge < -0.3 is 4.57 Å². The maximum Gasteiger partial charge on any atom is 0.196 e. The minimum Gasteiger partial charge on any atom is -0.348 e. The zero-order valence-electron chi connectivity index (χ0n) is 16.6. The Morgan fingerprint density at radius 2 is 1.78 bits per heavy atom. The predicted molar refractivity (Wildman–Crippen MR) is 110 cm³/mol. The van der Waals surface area contributed by atoms with Crippen LogP contribution in [-0.2, 0) is 6.54 Å². The molecule has 0 fully saturated rings. The lowest BCUT2D eigenvalue weighted by atomic mass is 10.2. The van der Waals surface area contributed by atoms with Crippen molar-refractivity contribution in [2.45, 2.75) is 52.7 Å². The number of rotatable bonds is 7. The summed E-state index contributed by atoms with van der Waals surface area (Å²) in [5.74, 6) is 1.29. The van der Waals surface area contributed by atoms with E-state index in [1.165, 1.54) is 17.3 Å². The Bertz CT molecular complexity index is 953. The van der Waals surface area contributed by atoms with E-state index in [-0.39, 0.29) is 5.78 Å². The van der Waals surface area contributed by atoms with E-state index in [9.17, 15) is 4.79 Å². The maximum absolute atomic E-state index is 12.8. The summed E-state index contributed by atoms with van der Waals surface area (Å²) in [6.07, 6.45) is 1.05. The molecule has 6 heteroatoms. The first-order valence-corrected chi connectivity index (χ1v) is 10.2. The Morgan fingerprint density at radius 1 is 1.07 bits per heavy atom. The van der Waals surface area contributed by atoms with Crippen molar-refractivity contribution >= 4 is 17.5 Å². The maximum atomic E-state index is 12.8. The lowest BCUT2D eigenvalue weighted by molar-refractivity contribution is 0.102. The highest BCUT2D eigenvalue weighted by molar-refractivity contribution is 7.99. The van der Waals surface area contributed by atoms with Gasteiger partial charge in [0.15, 0.2) is 10.9 Å². The first-order chi connectivity index (χ1) is 12.9. The number of thioether (sulfide) groups is 1.